The summed E-state index contributed by atoms with van der Waals surface area (Å²) in [5, 5.41) is 3.83. The maximum Gasteiger partial charge on any atom is 0.0269 e. The number of nitrogens with one attached hydrogen (secondary N) is 1. The first kappa shape index (κ1) is 15.3. The Labute approximate surface area is 120 Å². The third kappa shape index (κ3) is 4.19. The molecule has 1 saturated heterocycles. The highest BCUT2D eigenvalue weighted by molar-refractivity contribution is 4.97. The van der Waals surface area contributed by atoms with Gasteiger partial charge in [0, 0.05) is 31.7 Å². The molecule has 2 rings (SSSR count). The Hall–Kier alpha value is -0.0800. The maximum absolute atomic E-state index is 3.83. The molecule has 1 saturated carbocycles. The van der Waals surface area contributed by atoms with Crippen molar-refractivity contribution in [2.45, 2.75) is 72.4 Å². The summed E-state index contributed by atoms with van der Waals surface area (Å²) in [6.07, 6.45) is 5.60. The number of piperazine rings is 1. The average molecular weight is 266 g/mol. The zero-order chi connectivity index (χ0) is 14.0. The second-order valence-corrected chi connectivity index (χ2v) is 8.08. The predicted molar refractivity (Wildman–Crippen MR) is 83.4 cm³/mol. The summed E-state index contributed by atoms with van der Waals surface area (Å²) in [6, 6.07) is 1.47. The third-order valence-electron chi connectivity index (χ3n) is 4.96. The van der Waals surface area contributed by atoms with E-state index in [0.29, 0.717) is 11.5 Å². The molecule has 1 N–H and O–H groups in total. The molecule has 112 valence electrons. The van der Waals surface area contributed by atoms with Crippen LogP contribution in [-0.2, 0) is 0 Å². The third-order valence-corrected chi connectivity index (χ3v) is 4.96. The minimum atomic E-state index is 0.382. The van der Waals surface area contributed by atoms with Crippen LogP contribution in [0.2, 0.25) is 0 Å². The van der Waals surface area contributed by atoms with Crippen molar-refractivity contribution in [3.05, 3.63) is 0 Å². The van der Waals surface area contributed by atoms with Gasteiger partial charge in [-0.25, -0.2) is 0 Å². The van der Waals surface area contributed by atoms with Gasteiger partial charge >= 0.3 is 0 Å². The van der Waals surface area contributed by atoms with E-state index in [-0.39, 0.29) is 0 Å². The number of hydrogen-bond acceptors (Lipinski definition) is 2. The van der Waals surface area contributed by atoms with Gasteiger partial charge in [-0.15, -0.1) is 0 Å². The van der Waals surface area contributed by atoms with E-state index in [0.717, 1.165) is 17.9 Å². The van der Waals surface area contributed by atoms with Crippen LogP contribution in [0.3, 0.4) is 0 Å². The highest BCUT2D eigenvalue weighted by Gasteiger charge is 2.40. The van der Waals surface area contributed by atoms with Crippen molar-refractivity contribution < 1.29 is 0 Å². The molecule has 2 heteroatoms. The van der Waals surface area contributed by atoms with Crippen LogP contribution in [0.4, 0.5) is 0 Å². The molecule has 0 aromatic carbocycles. The van der Waals surface area contributed by atoms with E-state index in [9.17, 15) is 0 Å². The number of rotatable bonds is 5. The van der Waals surface area contributed by atoms with Crippen molar-refractivity contribution in [3.8, 4) is 0 Å². The van der Waals surface area contributed by atoms with Crippen molar-refractivity contribution in [2.75, 3.05) is 19.6 Å². The van der Waals surface area contributed by atoms with Crippen molar-refractivity contribution in [3.63, 3.8) is 0 Å². The van der Waals surface area contributed by atoms with E-state index in [2.05, 4.69) is 44.8 Å². The van der Waals surface area contributed by atoms with E-state index in [4.69, 9.17) is 0 Å². The molecule has 0 aromatic heterocycles. The lowest BCUT2D eigenvalue weighted by Gasteiger charge is -2.47. The summed E-state index contributed by atoms with van der Waals surface area (Å²) in [5.41, 5.74) is 0.382. The van der Waals surface area contributed by atoms with Gasteiger partial charge in [0.1, 0.15) is 0 Å². The van der Waals surface area contributed by atoms with E-state index < -0.39 is 0 Å². The van der Waals surface area contributed by atoms with Crippen molar-refractivity contribution in [2.24, 2.45) is 17.3 Å². The summed E-state index contributed by atoms with van der Waals surface area (Å²) in [4.78, 5) is 2.81. The van der Waals surface area contributed by atoms with Gasteiger partial charge in [-0.2, -0.15) is 0 Å². The molecule has 2 nitrogen and oxygen atoms in total. The molecule has 1 aliphatic heterocycles. The average Bonchev–Trinajstić information content (AvgIpc) is 3.11. The molecular formula is C17H34N2. The molecule has 19 heavy (non-hydrogen) atoms. The summed E-state index contributed by atoms with van der Waals surface area (Å²) in [6.45, 7) is 15.7. The molecule has 1 heterocycles. The molecule has 0 aromatic rings. The van der Waals surface area contributed by atoms with Gasteiger partial charge in [-0.3, -0.25) is 4.90 Å². The fraction of sp³-hybridized carbons (Fsp3) is 1.00. The van der Waals surface area contributed by atoms with E-state index in [1.807, 2.05) is 0 Å². The fourth-order valence-corrected chi connectivity index (χ4v) is 3.69. The van der Waals surface area contributed by atoms with Crippen LogP contribution in [0.15, 0.2) is 0 Å². The van der Waals surface area contributed by atoms with E-state index >= 15 is 0 Å². The molecule has 0 radical (unpaired) electrons. The van der Waals surface area contributed by atoms with Crippen molar-refractivity contribution in [1.82, 2.24) is 10.2 Å². The highest BCUT2D eigenvalue weighted by atomic mass is 15.2. The molecular weight excluding hydrogens is 232 g/mol. The summed E-state index contributed by atoms with van der Waals surface area (Å²) >= 11 is 0. The Kier molecular flexibility index (Phi) is 4.94. The molecule has 1 aliphatic carbocycles. The standard InChI is InChI=1S/C17H34N2/c1-6-7-13(2)11-19-12-15(14-8-9-14)18-10-16(19)17(3,4)5/h13-16,18H,6-12H2,1-5H3. The first-order valence-electron chi connectivity index (χ1n) is 8.39. The van der Waals surface area contributed by atoms with Crippen LogP contribution in [0.1, 0.15) is 60.3 Å². The summed E-state index contributed by atoms with van der Waals surface area (Å²) in [5.74, 6) is 1.82. The van der Waals surface area contributed by atoms with Crippen LogP contribution in [0.25, 0.3) is 0 Å². The van der Waals surface area contributed by atoms with Gasteiger partial charge in [0.05, 0.1) is 0 Å². The lowest BCUT2D eigenvalue weighted by atomic mass is 9.83. The van der Waals surface area contributed by atoms with Gasteiger partial charge < -0.3 is 5.32 Å². The molecule has 0 spiro atoms. The molecule has 2 aliphatic rings. The minimum Gasteiger partial charge on any atom is -0.311 e. The molecule has 0 bridgehead atoms. The van der Waals surface area contributed by atoms with Crippen LogP contribution in [0.5, 0.6) is 0 Å². The highest BCUT2D eigenvalue weighted by Crippen LogP contribution is 2.36. The van der Waals surface area contributed by atoms with Gasteiger partial charge in [0.25, 0.3) is 0 Å². The Morgan fingerprint density at radius 1 is 1.26 bits per heavy atom. The molecule has 2 fully saturated rings. The number of nitrogens with zero attached hydrogens (tertiary/aromatic N) is 1. The normalized spacial score (nSPS) is 31.4. The first-order chi connectivity index (χ1) is 8.91. The lowest BCUT2D eigenvalue weighted by Crippen LogP contribution is -2.61. The van der Waals surface area contributed by atoms with Crippen LogP contribution in [0, 0.1) is 17.3 Å². The SMILES string of the molecule is CCCC(C)CN1CC(C2CC2)NCC1C(C)(C)C. The monoisotopic (exact) mass is 266 g/mol. The Morgan fingerprint density at radius 3 is 2.47 bits per heavy atom. The smallest absolute Gasteiger partial charge is 0.0269 e. The van der Waals surface area contributed by atoms with Crippen LogP contribution in [-0.4, -0.2) is 36.6 Å². The molecule has 0 amide bonds. The second kappa shape index (κ2) is 6.13. The van der Waals surface area contributed by atoms with Gasteiger partial charge in [-0.05, 0) is 36.5 Å². The van der Waals surface area contributed by atoms with Crippen LogP contribution < -0.4 is 5.32 Å². The van der Waals surface area contributed by atoms with Crippen LogP contribution >= 0.6 is 0 Å². The quantitative estimate of drug-likeness (QED) is 0.819. The fourth-order valence-electron chi connectivity index (χ4n) is 3.69. The molecule has 3 unspecified atom stereocenters. The summed E-state index contributed by atoms with van der Waals surface area (Å²) < 4.78 is 0. The lowest BCUT2D eigenvalue weighted by molar-refractivity contribution is 0.0396. The van der Waals surface area contributed by atoms with Crippen molar-refractivity contribution in [1.29, 1.82) is 0 Å². The van der Waals surface area contributed by atoms with Crippen molar-refractivity contribution >= 4 is 0 Å². The van der Waals surface area contributed by atoms with Gasteiger partial charge in [-0.1, -0.05) is 41.0 Å². The Morgan fingerprint density at radius 2 is 1.95 bits per heavy atom. The number of hydrogen-bond donors (Lipinski definition) is 1. The Balaban J connectivity index is 1.97. The maximum atomic E-state index is 3.83. The summed E-state index contributed by atoms with van der Waals surface area (Å²) in [7, 11) is 0. The van der Waals surface area contributed by atoms with E-state index in [1.165, 1.54) is 45.3 Å². The first-order valence-corrected chi connectivity index (χ1v) is 8.39. The Bertz CT molecular complexity index is 277. The largest absolute Gasteiger partial charge is 0.311 e. The second-order valence-electron chi connectivity index (χ2n) is 8.08. The minimum absolute atomic E-state index is 0.382. The molecule has 3 atom stereocenters. The zero-order valence-corrected chi connectivity index (χ0v) is 13.7. The van der Waals surface area contributed by atoms with E-state index in [1.54, 1.807) is 0 Å². The van der Waals surface area contributed by atoms with Gasteiger partial charge in [0.2, 0.25) is 0 Å². The zero-order valence-electron chi connectivity index (χ0n) is 13.7. The topological polar surface area (TPSA) is 15.3 Å². The predicted octanol–water partition coefficient (Wildman–Crippen LogP) is 3.52. The van der Waals surface area contributed by atoms with Gasteiger partial charge in [0.15, 0.2) is 0 Å².